The summed E-state index contributed by atoms with van der Waals surface area (Å²) in [6.07, 6.45) is -3.43. The first kappa shape index (κ1) is 25.7. The molecule has 0 bridgehead atoms. The van der Waals surface area contributed by atoms with Gasteiger partial charge in [0, 0.05) is 30.1 Å². The molecule has 2 aliphatic heterocycles. The summed E-state index contributed by atoms with van der Waals surface area (Å²) in [7, 11) is 0. The number of piperidine rings is 1. The number of nitrogens with zero attached hydrogens (tertiary/aromatic N) is 3. The number of hydrogen-bond acceptors (Lipinski definition) is 5. The quantitative estimate of drug-likeness (QED) is 0.419. The highest BCUT2D eigenvalue weighted by Crippen LogP contribution is 2.42. The van der Waals surface area contributed by atoms with Crippen molar-refractivity contribution in [2.75, 3.05) is 18.0 Å². The molecule has 0 aromatic heterocycles. The van der Waals surface area contributed by atoms with Crippen molar-refractivity contribution in [1.82, 2.24) is 4.90 Å². The van der Waals surface area contributed by atoms with Crippen molar-refractivity contribution >= 4 is 34.9 Å². The number of nitro benzene ring substituents is 1. The van der Waals surface area contributed by atoms with Gasteiger partial charge in [-0.1, -0.05) is 29.8 Å². The molecule has 0 saturated carbocycles. The van der Waals surface area contributed by atoms with Gasteiger partial charge in [-0.15, -0.1) is 0 Å². The molecule has 2 aromatic rings. The molecule has 2 fully saturated rings. The smallest absolute Gasteiger partial charge is 0.416 e. The lowest BCUT2D eigenvalue weighted by atomic mass is 9.93. The van der Waals surface area contributed by atoms with Gasteiger partial charge in [-0.05, 0) is 49.4 Å². The van der Waals surface area contributed by atoms with Gasteiger partial charge < -0.3 is 14.9 Å². The van der Waals surface area contributed by atoms with E-state index >= 15 is 0 Å². The van der Waals surface area contributed by atoms with Gasteiger partial charge >= 0.3 is 12.1 Å². The lowest BCUT2D eigenvalue weighted by Crippen LogP contribution is -2.47. The van der Waals surface area contributed by atoms with Crippen LogP contribution in [0.15, 0.2) is 42.5 Å². The Labute approximate surface area is 209 Å². The number of carbonyl (C=O) groups excluding carboxylic acids is 1. The first-order valence-corrected chi connectivity index (χ1v) is 11.8. The van der Waals surface area contributed by atoms with Gasteiger partial charge in [0.1, 0.15) is 11.7 Å². The Balaban J connectivity index is 1.53. The number of halogens is 4. The van der Waals surface area contributed by atoms with Crippen LogP contribution >= 0.6 is 11.6 Å². The van der Waals surface area contributed by atoms with Crippen LogP contribution in [0.3, 0.4) is 0 Å². The molecule has 0 aliphatic carbocycles. The highest BCUT2D eigenvalue weighted by atomic mass is 35.5. The Morgan fingerprint density at radius 2 is 1.72 bits per heavy atom. The molecule has 0 spiro atoms. The fourth-order valence-electron chi connectivity index (χ4n) is 5.10. The molecular weight excluding hydrogens is 503 g/mol. The minimum atomic E-state index is -4.71. The van der Waals surface area contributed by atoms with Crippen molar-refractivity contribution in [1.29, 1.82) is 0 Å². The number of nitro groups is 1. The summed E-state index contributed by atoms with van der Waals surface area (Å²) in [4.78, 5) is 39.1. The maximum atomic E-state index is 13.6. The van der Waals surface area contributed by atoms with Gasteiger partial charge in [0.2, 0.25) is 5.91 Å². The lowest BCUT2D eigenvalue weighted by Gasteiger charge is -2.37. The van der Waals surface area contributed by atoms with Crippen LogP contribution in [0.5, 0.6) is 0 Å². The van der Waals surface area contributed by atoms with Gasteiger partial charge in [0.15, 0.2) is 0 Å². The molecule has 0 unspecified atom stereocenters. The van der Waals surface area contributed by atoms with Gasteiger partial charge in [-0.3, -0.25) is 14.9 Å². The SMILES string of the molecule is O=C(O)[C@@H]1CC[C@H](c2ccccc2Cl)N1C(=O)C1CCN(c2ccc(C(F)(F)F)cc2[N+](=O)[O-])CC1. The Bertz CT molecular complexity index is 1180. The van der Waals surface area contributed by atoms with E-state index in [1.54, 1.807) is 29.2 Å². The third kappa shape index (κ3) is 4.97. The van der Waals surface area contributed by atoms with Crippen LogP contribution in [0.4, 0.5) is 24.5 Å². The summed E-state index contributed by atoms with van der Waals surface area (Å²) in [5.74, 6) is -1.96. The Morgan fingerprint density at radius 3 is 2.31 bits per heavy atom. The van der Waals surface area contributed by atoms with E-state index in [1.807, 2.05) is 0 Å². The van der Waals surface area contributed by atoms with Crippen LogP contribution in [-0.4, -0.2) is 45.9 Å². The maximum absolute atomic E-state index is 13.6. The van der Waals surface area contributed by atoms with Crippen LogP contribution in [-0.2, 0) is 15.8 Å². The van der Waals surface area contributed by atoms with Gasteiger partial charge in [-0.25, -0.2) is 4.79 Å². The third-order valence-electron chi connectivity index (χ3n) is 6.87. The van der Waals surface area contributed by atoms with Crippen molar-refractivity contribution in [3.8, 4) is 0 Å². The molecule has 2 aromatic carbocycles. The minimum absolute atomic E-state index is 0.0532. The molecule has 2 heterocycles. The van der Waals surface area contributed by atoms with Crippen molar-refractivity contribution in [2.45, 2.75) is 43.9 Å². The summed E-state index contributed by atoms with van der Waals surface area (Å²) >= 11 is 6.34. The second-order valence-electron chi connectivity index (χ2n) is 8.93. The van der Waals surface area contributed by atoms with Crippen LogP contribution < -0.4 is 4.90 Å². The second kappa shape index (κ2) is 9.96. The first-order valence-electron chi connectivity index (χ1n) is 11.4. The number of amides is 1. The zero-order valence-corrected chi connectivity index (χ0v) is 19.7. The van der Waals surface area contributed by atoms with E-state index in [0.717, 1.165) is 12.1 Å². The second-order valence-corrected chi connectivity index (χ2v) is 9.34. The Hall–Kier alpha value is -3.34. The monoisotopic (exact) mass is 525 g/mol. The summed E-state index contributed by atoms with van der Waals surface area (Å²) in [5, 5.41) is 21.7. The fourth-order valence-corrected chi connectivity index (χ4v) is 5.36. The van der Waals surface area contributed by atoms with Gasteiger partial charge in [0.25, 0.3) is 5.69 Å². The fraction of sp³-hybridized carbons (Fsp3) is 0.417. The number of aliphatic carboxylic acids is 1. The van der Waals surface area contributed by atoms with E-state index in [2.05, 4.69) is 0 Å². The Morgan fingerprint density at radius 1 is 1.06 bits per heavy atom. The summed E-state index contributed by atoms with van der Waals surface area (Å²) in [6.45, 7) is 0.399. The van der Waals surface area contributed by atoms with Crippen molar-refractivity contribution in [3.05, 3.63) is 68.7 Å². The molecule has 1 amide bonds. The number of anilines is 1. The minimum Gasteiger partial charge on any atom is -0.480 e. The molecule has 2 aliphatic rings. The molecule has 1 N–H and O–H groups in total. The average Bonchev–Trinajstić information content (AvgIpc) is 3.28. The summed E-state index contributed by atoms with van der Waals surface area (Å²) in [6, 6.07) is 7.89. The largest absolute Gasteiger partial charge is 0.480 e. The topological polar surface area (TPSA) is 104 Å². The van der Waals surface area contributed by atoms with E-state index in [1.165, 1.54) is 4.90 Å². The highest BCUT2D eigenvalue weighted by Gasteiger charge is 2.45. The van der Waals surface area contributed by atoms with Crippen LogP contribution in [0, 0.1) is 16.0 Å². The number of benzene rings is 2. The van der Waals surface area contributed by atoms with Crippen LogP contribution in [0.2, 0.25) is 5.02 Å². The summed E-state index contributed by atoms with van der Waals surface area (Å²) in [5.41, 5.74) is -1.03. The molecular formula is C24H23ClF3N3O5. The Kier molecular flexibility index (Phi) is 7.12. The molecule has 0 radical (unpaired) electrons. The first-order chi connectivity index (χ1) is 17.0. The number of carboxylic acid groups (broad SMARTS) is 1. The van der Waals surface area contributed by atoms with Crippen LogP contribution in [0.25, 0.3) is 0 Å². The number of rotatable bonds is 5. The molecule has 8 nitrogen and oxygen atoms in total. The van der Waals surface area contributed by atoms with Gasteiger partial charge in [-0.2, -0.15) is 13.2 Å². The number of carboxylic acids is 1. The standard InChI is InChI=1S/C24H23ClF3N3O5/c25-17-4-2-1-3-16(17)18-7-8-20(23(33)34)30(18)22(32)14-9-11-29(12-10-14)19-6-5-15(24(26,27)28)13-21(19)31(35)36/h1-6,13-14,18,20H,7-12H2,(H,33,34)/t18-,20+/m1/s1. The van der Waals surface area contributed by atoms with Crippen molar-refractivity contribution in [2.24, 2.45) is 5.92 Å². The van der Waals surface area contributed by atoms with E-state index in [4.69, 9.17) is 11.6 Å². The molecule has 2 saturated heterocycles. The number of hydrogen-bond donors (Lipinski definition) is 1. The number of alkyl halides is 3. The molecule has 2 atom stereocenters. The molecule has 36 heavy (non-hydrogen) atoms. The third-order valence-corrected chi connectivity index (χ3v) is 7.22. The summed E-state index contributed by atoms with van der Waals surface area (Å²) < 4.78 is 39.1. The molecule has 4 rings (SSSR count). The maximum Gasteiger partial charge on any atom is 0.416 e. The van der Waals surface area contributed by atoms with E-state index in [9.17, 15) is 38.0 Å². The number of carbonyl (C=O) groups is 2. The molecule has 192 valence electrons. The van der Waals surface area contributed by atoms with Crippen molar-refractivity contribution in [3.63, 3.8) is 0 Å². The highest BCUT2D eigenvalue weighted by molar-refractivity contribution is 6.31. The van der Waals surface area contributed by atoms with E-state index < -0.39 is 46.3 Å². The zero-order valence-electron chi connectivity index (χ0n) is 18.9. The molecule has 12 heteroatoms. The van der Waals surface area contributed by atoms with E-state index in [0.29, 0.717) is 23.1 Å². The average molecular weight is 526 g/mol. The lowest BCUT2D eigenvalue weighted by molar-refractivity contribution is -0.384. The van der Waals surface area contributed by atoms with Crippen LogP contribution in [0.1, 0.15) is 42.9 Å². The predicted octanol–water partition coefficient (Wildman–Crippen LogP) is 5.30. The van der Waals surface area contributed by atoms with Gasteiger partial charge in [0.05, 0.1) is 16.5 Å². The van der Waals surface area contributed by atoms with E-state index in [-0.39, 0.29) is 43.9 Å². The number of likely N-dealkylation sites (tertiary alicyclic amines) is 1. The zero-order chi connectivity index (χ0) is 26.2. The van der Waals surface area contributed by atoms with Crippen molar-refractivity contribution < 1.29 is 32.8 Å². The normalized spacial score (nSPS) is 21.0. The predicted molar refractivity (Wildman–Crippen MR) is 125 cm³/mol.